The molecule has 2 amide bonds. The zero-order chi connectivity index (χ0) is 19.1. The van der Waals surface area contributed by atoms with E-state index in [9.17, 15) is 4.79 Å². The van der Waals surface area contributed by atoms with Gasteiger partial charge in [0.15, 0.2) is 5.01 Å². The Morgan fingerprint density at radius 3 is 2.63 bits per heavy atom. The average Bonchev–Trinajstić information content (AvgIpc) is 3.15. The molecule has 0 saturated carbocycles. The van der Waals surface area contributed by atoms with Crippen LogP contribution in [0.15, 0.2) is 48.7 Å². The van der Waals surface area contributed by atoms with Crippen LogP contribution < -0.4 is 15.5 Å². The van der Waals surface area contributed by atoms with E-state index >= 15 is 0 Å². The third kappa shape index (κ3) is 5.49. The zero-order valence-corrected chi connectivity index (χ0v) is 16.2. The van der Waals surface area contributed by atoms with Gasteiger partial charge in [-0.25, -0.2) is 4.79 Å². The van der Waals surface area contributed by atoms with Crippen molar-refractivity contribution in [2.75, 3.05) is 30.9 Å². The largest absolute Gasteiger partial charge is 0.378 e. The Labute approximate surface area is 162 Å². The minimum Gasteiger partial charge on any atom is -0.378 e. The van der Waals surface area contributed by atoms with Crippen LogP contribution in [-0.4, -0.2) is 41.9 Å². The molecule has 0 saturated heterocycles. The molecule has 0 radical (unpaired) electrons. The Kier molecular flexibility index (Phi) is 6.32. The summed E-state index contributed by atoms with van der Waals surface area (Å²) < 4.78 is 0. The first-order valence-electron chi connectivity index (χ1n) is 8.68. The first kappa shape index (κ1) is 18.8. The van der Waals surface area contributed by atoms with Crippen LogP contribution in [0.5, 0.6) is 0 Å². The normalized spacial score (nSPS) is 10.4. The molecule has 0 spiro atoms. The van der Waals surface area contributed by atoms with Crippen molar-refractivity contribution in [3.05, 3.63) is 54.2 Å². The monoisotopic (exact) mass is 382 g/mol. The molecule has 7 nitrogen and oxygen atoms in total. The van der Waals surface area contributed by atoms with Crippen molar-refractivity contribution in [2.24, 2.45) is 0 Å². The first-order valence-corrected chi connectivity index (χ1v) is 9.49. The molecule has 3 rings (SSSR count). The van der Waals surface area contributed by atoms with Crippen molar-refractivity contribution < 1.29 is 4.79 Å². The number of carbonyl (C=O) groups is 1. The van der Waals surface area contributed by atoms with Gasteiger partial charge in [-0.2, -0.15) is 0 Å². The van der Waals surface area contributed by atoms with Crippen molar-refractivity contribution in [3.8, 4) is 10.7 Å². The molecule has 2 heterocycles. The number of anilines is 2. The second-order valence-corrected chi connectivity index (χ2v) is 7.15. The summed E-state index contributed by atoms with van der Waals surface area (Å²) in [6.45, 7) is 0.590. The number of urea groups is 1. The van der Waals surface area contributed by atoms with Gasteiger partial charge in [-0.05, 0) is 42.7 Å². The average molecular weight is 382 g/mol. The molecule has 1 aromatic carbocycles. The summed E-state index contributed by atoms with van der Waals surface area (Å²) >= 11 is 1.29. The lowest BCUT2D eigenvalue weighted by molar-refractivity contribution is 0.252. The molecule has 0 bridgehead atoms. The minimum atomic E-state index is -0.276. The Morgan fingerprint density at radius 1 is 1.11 bits per heavy atom. The van der Waals surface area contributed by atoms with Gasteiger partial charge in [0.25, 0.3) is 0 Å². The SMILES string of the molecule is CN(C)c1ccc(CCCNC(=O)Nc2nnc(-c3ccccn3)s2)cc1. The number of aromatic nitrogens is 3. The summed E-state index contributed by atoms with van der Waals surface area (Å²) in [6.07, 6.45) is 3.48. The van der Waals surface area contributed by atoms with Crippen LogP contribution in [0.3, 0.4) is 0 Å². The second-order valence-electron chi connectivity index (χ2n) is 6.17. The first-order chi connectivity index (χ1) is 13.1. The van der Waals surface area contributed by atoms with Gasteiger partial charge in [-0.15, -0.1) is 10.2 Å². The Hall–Kier alpha value is -3.00. The zero-order valence-electron chi connectivity index (χ0n) is 15.3. The quantitative estimate of drug-likeness (QED) is 0.612. The number of nitrogens with one attached hydrogen (secondary N) is 2. The van der Waals surface area contributed by atoms with Crippen LogP contribution in [0.2, 0.25) is 0 Å². The van der Waals surface area contributed by atoms with Crippen LogP contribution in [-0.2, 0) is 6.42 Å². The number of pyridine rings is 1. The molecule has 27 heavy (non-hydrogen) atoms. The molecule has 2 aromatic heterocycles. The number of nitrogens with zero attached hydrogens (tertiary/aromatic N) is 4. The molecule has 0 fully saturated rings. The number of rotatable bonds is 7. The highest BCUT2D eigenvalue weighted by atomic mass is 32.1. The summed E-state index contributed by atoms with van der Waals surface area (Å²) in [5, 5.41) is 14.7. The fraction of sp³-hybridized carbons (Fsp3) is 0.263. The Bertz CT molecular complexity index is 863. The fourth-order valence-electron chi connectivity index (χ4n) is 2.46. The van der Waals surface area contributed by atoms with E-state index < -0.39 is 0 Å². The molecule has 0 aliphatic rings. The molecule has 3 aromatic rings. The van der Waals surface area contributed by atoms with Crippen molar-refractivity contribution >= 4 is 28.2 Å². The van der Waals surface area contributed by atoms with Gasteiger partial charge in [0.2, 0.25) is 5.13 Å². The van der Waals surface area contributed by atoms with Gasteiger partial charge in [0, 0.05) is 32.5 Å². The van der Waals surface area contributed by atoms with E-state index in [4.69, 9.17) is 0 Å². The van der Waals surface area contributed by atoms with Crippen molar-refractivity contribution in [1.29, 1.82) is 0 Å². The standard InChI is InChI=1S/C19H22N6OS/c1-25(2)15-10-8-14(9-11-15)6-5-13-21-18(26)22-19-24-23-17(27-19)16-7-3-4-12-20-16/h3-4,7-12H,5-6,13H2,1-2H3,(H2,21,22,24,26). The van der Waals surface area contributed by atoms with E-state index in [0.29, 0.717) is 16.7 Å². The van der Waals surface area contributed by atoms with Crippen molar-refractivity contribution in [2.45, 2.75) is 12.8 Å². The van der Waals surface area contributed by atoms with E-state index in [2.05, 4.69) is 55.0 Å². The number of hydrogen-bond acceptors (Lipinski definition) is 6. The van der Waals surface area contributed by atoms with Gasteiger partial charge < -0.3 is 10.2 Å². The molecule has 2 N–H and O–H groups in total. The Balaban J connectivity index is 1.40. The summed E-state index contributed by atoms with van der Waals surface area (Å²) in [6, 6.07) is 13.8. The van der Waals surface area contributed by atoms with Crippen LogP contribution in [0, 0.1) is 0 Å². The van der Waals surface area contributed by atoms with Crippen LogP contribution in [0.25, 0.3) is 10.7 Å². The number of benzene rings is 1. The van der Waals surface area contributed by atoms with Crippen LogP contribution in [0.4, 0.5) is 15.6 Å². The lowest BCUT2D eigenvalue weighted by atomic mass is 10.1. The molecule has 0 aliphatic heterocycles. The van der Waals surface area contributed by atoms with Crippen molar-refractivity contribution in [3.63, 3.8) is 0 Å². The maximum Gasteiger partial charge on any atom is 0.321 e. The second kappa shape index (κ2) is 9.09. The number of aryl methyl sites for hydroxylation is 1. The van der Waals surface area contributed by atoms with E-state index in [0.717, 1.165) is 18.5 Å². The van der Waals surface area contributed by atoms with Gasteiger partial charge in [-0.3, -0.25) is 10.3 Å². The highest BCUT2D eigenvalue weighted by molar-refractivity contribution is 7.18. The van der Waals surface area contributed by atoms with Gasteiger partial charge in [-0.1, -0.05) is 29.5 Å². The maximum atomic E-state index is 12.0. The van der Waals surface area contributed by atoms with Gasteiger partial charge in [0.1, 0.15) is 5.69 Å². The summed E-state index contributed by atoms with van der Waals surface area (Å²) in [5.41, 5.74) is 3.18. The van der Waals surface area contributed by atoms with E-state index in [-0.39, 0.29) is 6.03 Å². The summed E-state index contributed by atoms with van der Waals surface area (Å²) in [4.78, 5) is 18.3. The van der Waals surface area contributed by atoms with Crippen LogP contribution in [0.1, 0.15) is 12.0 Å². The molecule has 0 unspecified atom stereocenters. The molecule has 0 atom stereocenters. The summed E-state index contributed by atoms with van der Waals surface area (Å²) in [7, 11) is 4.05. The fourth-order valence-corrected chi connectivity index (χ4v) is 3.18. The third-order valence-electron chi connectivity index (χ3n) is 3.91. The minimum absolute atomic E-state index is 0.276. The number of hydrogen-bond donors (Lipinski definition) is 2. The van der Waals surface area contributed by atoms with Crippen LogP contribution >= 0.6 is 11.3 Å². The van der Waals surface area contributed by atoms with E-state index in [1.54, 1.807) is 6.20 Å². The Morgan fingerprint density at radius 2 is 1.93 bits per heavy atom. The van der Waals surface area contributed by atoms with E-state index in [1.807, 2.05) is 32.3 Å². The molecule has 140 valence electrons. The number of amides is 2. The predicted molar refractivity (Wildman–Crippen MR) is 109 cm³/mol. The molecular weight excluding hydrogens is 360 g/mol. The third-order valence-corrected chi connectivity index (χ3v) is 4.77. The van der Waals surface area contributed by atoms with Gasteiger partial charge in [0.05, 0.1) is 0 Å². The van der Waals surface area contributed by atoms with Gasteiger partial charge >= 0.3 is 6.03 Å². The van der Waals surface area contributed by atoms with E-state index in [1.165, 1.54) is 22.6 Å². The van der Waals surface area contributed by atoms with Crippen molar-refractivity contribution in [1.82, 2.24) is 20.5 Å². The molecule has 8 heteroatoms. The lowest BCUT2D eigenvalue weighted by Gasteiger charge is -2.12. The summed E-state index contributed by atoms with van der Waals surface area (Å²) in [5.74, 6) is 0. The predicted octanol–water partition coefficient (Wildman–Crippen LogP) is 3.42. The topological polar surface area (TPSA) is 83.0 Å². The highest BCUT2D eigenvalue weighted by Crippen LogP contribution is 2.24. The smallest absolute Gasteiger partial charge is 0.321 e. The highest BCUT2D eigenvalue weighted by Gasteiger charge is 2.09. The number of carbonyl (C=O) groups excluding carboxylic acids is 1. The molecular formula is C19H22N6OS. The lowest BCUT2D eigenvalue weighted by Crippen LogP contribution is -2.29. The molecule has 0 aliphatic carbocycles. The maximum absolute atomic E-state index is 12.0.